The number of carbonyl (C=O) groups excluding carboxylic acids is 1. The fourth-order valence-electron chi connectivity index (χ4n) is 3.32. The van der Waals surface area contributed by atoms with Crippen LogP contribution in [-0.2, 0) is 17.8 Å². The Morgan fingerprint density at radius 2 is 1.87 bits per heavy atom. The van der Waals surface area contributed by atoms with Crippen molar-refractivity contribution in [3.63, 3.8) is 0 Å². The molecule has 2 aromatic carbocycles. The summed E-state index contributed by atoms with van der Waals surface area (Å²) in [4.78, 5) is 19.9. The van der Waals surface area contributed by atoms with Crippen molar-refractivity contribution < 1.29 is 13.9 Å². The van der Waals surface area contributed by atoms with Crippen LogP contribution in [0.3, 0.4) is 0 Å². The average molecular weight is 421 g/mol. The first-order valence-electron chi connectivity index (χ1n) is 9.96. The molecular formula is C24H24N2O3S. The summed E-state index contributed by atoms with van der Waals surface area (Å²) in [6, 6.07) is 15.5. The van der Waals surface area contributed by atoms with Crippen LogP contribution in [0.2, 0.25) is 0 Å². The van der Waals surface area contributed by atoms with Gasteiger partial charge < -0.3 is 9.15 Å². The van der Waals surface area contributed by atoms with Gasteiger partial charge in [0, 0.05) is 0 Å². The monoisotopic (exact) mass is 420 g/mol. The fraction of sp³-hybridized carbons (Fsp3) is 0.250. The van der Waals surface area contributed by atoms with Crippen molar-refractivity contribution in [1.82, 2.24) is 4.98 Å². The van der Waals surface area contributed by atoms with Crippen LogP contribution >= 0.6 is 11.3 Å². The van der Waals surface area contributed by atoms with Crippen molar-refractivity contribution in [1.29, 1.82) is 0 Å². The number of hydrogen-bond donors (Lipinski definition) is 0. The van der Waals surface area contributed by atoms with E-state index in [9.17, 15) is 4.79 Å². The molecule has 1 amide bonds. The van der Waals surface area contributed by atoms with Crippen molar-refractivity contribution in [2.24, 2.45) is 0 Å². The Morgan fingerprint density at radius 3 is 2.53 bits per heavy atom. The standard InChI is InChI=1S/C24H24N2O3S/c1-4-28-19-11-9-18(10-12-19)14-21(27)26(15-20-6-5-13-29-20)24-25-22-16(2)7-8-17(3)23(22)30-24/h5-13H,4,14-15H2,1-3H3. The van der Waals surface area contributed by atoms with Crippen LogP contribution in [-0.4, -0.2) is 17.5 Å². The maximum absolute atomic E-state index is 13.3. The molecule has 0 N–H and O–H groups in total. The van der Waals surface area contributed by atoms with Crippen LogP contribution in [0.15, 0.2) is 59.2 Å². The van der Waals surface area contributed by atoms with Crippen molar-refractivity contribution >= 4 is 32.6 Å². The van der Waals surface area contributed by atoms with E-state index in [1.807, 2.05) is 50.2 Å². The Bertz CT molecular complexity index is 1110. The van der Waals surface area contributed by atoms with Crippen molar-refractivity contribution in [2.75, 3.05) is 11.5 Å². The predicted octanol–water partition coefficient (Wildman–Crippen LogP) is 5.68. The molecule has 5 nitrogen and oxygen atoms in total. The summed E-state index contributed by atoms with van der Waals surface area (Å²) in [5.41, 5.74) is 4.15. The zero-order valence-corrected chi connectivity index (χ0v) is 18.2. The topological polar surface area (TPSA) is 55.6 Å². The number of aromatic nitrogens is 1. The summed E-state index contributed by atoms with van der Waals surface area (Å²) in [7, 11) is 0. The molecule has 0 saturated heterocycles. The van der Waals surface area contributed by atoms with Gasteiger partial charge in [0.15, 0.2) is 5.13 Å². The normalized spacial score (nSPS) is 11.0. The van der Waals surface area contributed by atoms with E-state index in [0.29, 0.717) is 18.3 Å². The number of aryl methyl sites for hydroxylation is 2. The molecule has 0 radical (unpaired) electrons. The molecule has 2 aromatic heterocycles. The van der Waals surface area contributed by atoms with E-state index in [1.54, 1.807) is 22.5 Å². The number of nitrogens with zero attached hydrogens (tertiary/aromatic N) is 2. The number of fused-ring (bicyclic) bond motifs is 1. The number of hydrogen-bond acceptors (Lipinski definition) is 5. The molecular weight excluding hydrogens is 396 g/mol. The summed E-state index contributed by atoms with van der Waals surface area (Å²) < 4.78 is 12.1. The predicted molar refractivity (Wildman–Crippen MR) is 120 cm³/mol. The van der Waals surface area contributed by atoms with E-state index in [1.165, 1.54) is 0 Å². The molecule has 4 aromatic rings. The average Bonchev–Trinajstić information content (AvgIpc) is 3.41. The molecule has 30 heavy (non-hydrogen) atoms. The third-order valence-electron chi connectivity index (χ3n) is 4.95. The summed E-state index contributed by atoms with van der Waals surface area (Å²) in [5, 5.41) is 0.690. The number of anilines is 1. The van der Waals surface area contributed by atoms with Gasteiger partial charge in [-0.05, 0) is 61.7 Å². The minimum Gasteiger partial charge on any atom is -0.494 e. The van der Waals surface area contributed by atoms with E-state index in [2.05, 4.69) is 19.1 Å². The third kappa shape index (κ3) is 4.24. The molecule has 0 aliphatic rings. The number of carbonyl (C=O) groups is 1. The van der Waals surface area contributed by atoms with Crippen molar-refractivity contribution in [3.8, 4) is 5.75 Å². The molecule has 0 fully saturated rings. The smallest absolute Gasteiger partial charge is 0.233 e. The Balaban J connectivity index is 1.65. The lowest BCUT2D eigenvalue weighted by Crippen LogP contribution is -2.31. The van der Waals surface area contributed by atoms with Crippen LogP contribution in [0.1, 0.15) is 29.4 Å². The van der Waals surface area contributed by atoms with Gasteiger partial charge in [-0.25, -0.2) is 4.98 Å². The van der Waals surface area contributed by atoms with Gasteiger partial charge in [-0.2, -0.15) is 0 Å². The lowest BCUT2D eigenvalue weighted by molar-refractivity contribution is -0.118. The van der Waals surface area contributed by atoms with Gasteiger partial charge in [0.25, 0.3) is 0 Å². The van der Waals surface area contributed by atoms with Crippen LogP contribution in [0.5, 0.6) is 5.75 Å². The number of rotatable bonds is 7. The fourth-order valence-corrected chi connectivity index (χ4v) is 4.45. The summed E-state index contributed by atoms with van der Waals surface area (Å²) >= 11 is 1.55. The molecule has 0 saturated carbocycles. The molecule has 154 valence electrons. The van der Waals surface area contributed by atoms with Gasteiger partial charge in [0.05, 0.1) is 36.1 Å². The van der Waals surface area contributed by atoms with Crippen molar-refractivity contribution in [2.45, 2.75) is 33.7 Å². The molecule has 0 bridgehead atoms. The van der Waals surface area contributed by atoms with E-state index in [4.69, 9.17) is 14.1 Å². The summed E-state index contributed by atoms with van der Waals surface area (Å²) in [6.07, 6.45) is 1.90. The van der Waals surface area contributed by atoms with Crippen LogP contribution in [0.4, 0.5) is 5.13 Å². The number of thiazole rings is 1. The highest BCUT2D eigenvalue weighted by atomic mass is 32.1. The number of benzene rings is 2. The molecule has 6 heteroatoms. The Hall–Kier alpha value is -3.12. The van der Waals surface area contributed by atoms with Gasteiger partial charge >= 0.3 is 0 Å². The van der Waals surface area contributed by atoms with Gasteiger partial charge in [-0.15, -0.1) is 0 Å². The first-order chi connectivity index (χ1) is 14.5. The lowest BCUT2D eigenvalue weighted by Gasteiger charge is -2.19. The zero-order valence-electron chi connectivity index (χ0n) is 17.3. The highest BCUT2D eigenvalue weighted by molar-refractivity contribution is 7.22. The van der Waals surface area contributed by atoms with Crippen LogP contribution in [0.25, 0.3) is 10.2 Å². The third-order valence-corrected chi connectivity index (χ3v) is 6.16. The number of ether oxygens (including phenoxy) is 1. The first-order valence-corrected chi connectivity index (χ1v) is 10.8. The second-order valence-electron chi connectivity index (χ2n) is 7.19. The van der Waals surface area contributed by atoms with Crippen molar-refractivity contribution in [3.05, 3.63) is 77.2 Å². The van der Waals surface area contributed by atoms with Gasteiger partial charge in [-0.1, -0.05) is 35.6 Å². The Labute approximate surface area is 179 Å². The maximum Gasteiger partial charge on any atom is 0.233 e. The first kappa shape index (κ1) is 20.2. The van der Waals surface area contributed by atoms with E-state index in [0.717, 1.165) is 38.4 Å². The van der Waals surface area contributed by atoms with E-state index in [-0.39, 0.29) is 12.3 Å². The SMILES string of the molecule is CCOc1ccc(CC(=O)N(Cc2ccco2)c2nc3c(C)ccc(C)c3s2)cc1. The van der Waals surface area contributed by atoms with Crippen LogP contribution < -0.4 is 9.64 Å². The molecule has 4 rings (SSSR count). The second kappa shape index (κ2) is 8.71. The highest BCUT2D eigenvalue weighted by Crippen LogP contribution is 2.34. The number of amides is 1. The molecule has 0 aliphatic heterocycles. The Kier molecular flexibility index (Phi) is 5.86. The molecule has 0 spiro atoms. The lowest BCUT2D eigenvalue weighted by atomic mass is 10.1. The molecule has 0 unspecified atom stereocenters. The minimum absolute atomic E-state index is 0.0232. The Morgan fingerprint density at radius 1 is 1.10 bits per heavy atom. The quantitative estimate of drug-likeness (QED) is 0.386. The number of furan rings is 1. The highest BCUT2D eigenvalue weighted by Gasteiger charge is 2.22. The summed E-state index contributed by atoms with van der Waals surface area (Å²) in [6.45, 7) is 7.03. The molecule has 0 atom stereocenters. The second-order valence-corrected chi connectivity index (χ2v) is 8.16. The van der Waals surface area contributed by atoms with E-state index < -0.39 is 0 Å². The molecule has 2 heterocycles. The van der Waals surface area contributed by atoms with Crippen LogP contribution in [0, 0.1) is 13.8 Å². The zero-order chi connectivity index (χ0) is 21.1. The maximum atomic E-state index is 13.3. The minimum atomic E-state index is -0.0232. The van der Waals surface area contributed by atoms with Gasteiger partial charge in [0.2, 0.25) is 5.91 Å². The van der Waals surface area contributed by atoms with Gasteiger partial charge in [-0.3, -0.25) is 9.69 Å². The molecule has 0 aliphatic carbocycles. The largest absolute Gasteiger partial charge is 0.494 e. The van der Waals surface area contributed by atoms with E-state index >= 15 is 0 Å². The summed E-state index contributed by atoms with van der Waals surface area (Å²) in [5.74, 6) is 1.51. The van der Waals surface area contributed by atoms with Gasteiger partial charge in [0.1, 0.15) is 11.5 Å².